The number of nitrogens with two attached hydrogens (primary N) is 1. The summed E-state index contributed by atoms with van der Waals surface area (Å²) in [4.78, 5) is 45.5. The maximum atomic E-state index is 14.4. The molecule has 1 aromatic heterocycles. The summed E-state index contributed by atoms with van der Waals surface area (Å²) in [6, 6.07) is -0.0475. The Morgan fingerprint density at radius 2 is 1.92 bits per heavy atom. The predicted octanol–water partition coefficient (Wildman–Crippen LogP) is 2.15. The van der Waals surface area contributed by atoms with Gasteiger partial charge >= 0.3 is 0 Å². The highest BCUT2D eigenvalue weighted by molar-refractivity contribution is 5.98. The predicted molar refractivity (Wildman–Crippen MR) is 120 cm³/mol. The van der Waals surface area contributed by atoms with E-state index in [1.165, 1.54) is 14.5 Å². The van der Waals surface area contributed by atoms with Crippen molar-refractivity contribution in [2.75, 3.05) is 6.54 Å². The first-order valence-electron chi connectivity index (χ1n) is 11.8. The molecule has 1 unspecified atom stereocenters. The Balaban J connectivity index is 1.62. The van der Waals surface area contributed by atoms with E-state index in [1.807, 2.05) is 0 Å². The van der Waals surface area contributed by atoms with Crippen LogP contribution in [0.4, 0.5) is 13.2 Å². The Morgan fingerprint density at radius 1 is 1.24 bits per heavy atom. The molecular formula is C24H25F3N4O6. The number of hydrogen-bond acceptors (Lipinski definition) is 7. The second-order valence-electron chi connectivity index (χ2n) is 9.51. The molecule has 2 aromatic rings. The van der Waals surface area contributed by atoms with E-state index in [2.05, 4.69) is 0 Å². The number of benzene rings is 1. The number of amides is 2. The normalized spacial score (nSPS) is 27.4. The van der Waals surface area contributed by atoms with Gasteiger partial charge in [-0.15, -0.1) is 0 Å². The van der Waals surface area contributed by atoms with E-state index >= 15 is 0 Å². The molecule has 3 N–H and O–H groups in total. The quantitative estimate of drug-likeness (QED) is 0.630. The van der Waals surface area contributed by atoms with Gasteiger partial charge in [0.1, 0.15) is 35.3 Å². The Labute approximate surface area is 208 Å². The van der Waals surface area contributed by atoms with E-state index in [0.717, 1.165) is 6.20 Å². The van der Waals surface area contributed by atoms with Crippen LogP contribution in [0.5, 0.6) is 5.75 Å². The third-order valence-corrected chi connectivity index (χ3v) is 7.29. The van der Waals surface area contributed by atoms with Crippen LogP contribution in [0.1, 0.15) is 65.6 Å². The van der Waals surface area contributed by atoms with E-state index in [0.29, 0.717) is 25.0 Å². The summed E-state index contributed by atoms with van der Waals surface area (Å²) in [6.45, 7) is 3.20. The van der Waals surface area contributed by atoms with Crippen LogP contribution in [-0.2, 0) is 16.1 Å². The number of nitrogens with zero attached hydrogens (tertiary/aromatic N) is 3. The molecule has 0 aliphatic carbocycles. The second kappa shape index (κ2) is 8.85. The van der Waals surface area contributed by atoms with Crippen molar-refractivity contribution in [3.63, 3.8) is 0 Å². The summed E-state index contributed by atoms with van der Waals surface area (Å²) < 4.78 is 49.9. The van der Waals surface area contributed by atoms with Gasteiger partial charge in [0.25, 0.3) is 11.8 Å². The van der Waals surface area contributed by atoms with Crippen LogP contribution in [0.25, 0.3) is 0 Å². The number of aromatic nitrogens is 1. The minimum atomic E-state index is -1.50. The standard InChI is InChI=1S/C24H25F3N4O6/c1-3-18-31(9-13-15(26)6-12(25)7-16(13)27)37-24(36-18)5-4-11(2)29-10-17(24)30-8-14(22(28)34)20(32)21(33)19(30)23(29)35/h6-8,11,17-18,33H,3-5,9-10H2,1-2H3,(H2,28,34)/t11-,17+,18?,24+/m0/s1. The first kappa shape index (κ1) is 25.2. The van der Waals surface area contributed by atoms with Gasteiger partial charge in [-0.2, -0.15) is 5.06 Å². The third-order valence-electron chi connectivity index (χ3n) is 7.29. The van der Waals surface area contributed by atoms with Crippen molar-refractivity contribution in [2.24, 2.45) is 5.73 Å². The van der Waals surface area contributed by atoms with Crippen LogP contribution in [0.3, 0.4) is 0 Å². The van der Waals surface area contributed by atoms with Crippen molar-refractivity contribution in [1.29, 1.82) is 0 Å². The average Bonchev–Trinajstić information content (AvgIpc) is 3.14. The molecule has 3 aliphatic heterocycles. The van der Waals surface area contributed by atoms with Crippen LogP contribution in [0.15, 0.2) is 23.1 Å². The van der Waals surface area contributed by atoms with Crippen molar-refractivity contribution >= 4 is 11.8 Å². The highest BCUT2D eigenvalue weighted by Crippen LogP contribution is 2.47. The smallest absolute Gasteiger partial charge is 0.274 e. The highest BCUT2D eigenvalue weighted by atomic mass is 19.1. The van der Waals surface area contributed by atoms with Crippen molar-refractivity contribution in [3.8, 4) is 5.75 Å². The van der Waals surface area contributed by atoms with Gasteiger partial charge < -0.3 is 25.0 Å². The van der Waals surface area contributed by atoms with Gasteiger partial charge in [0.05, 0.1) is 6.54 Å². The monoisotopic (exact) mass is 522 g/mol. The van der Waals surface area contributed by atoms with E-state index in [4.69, 9.17) is 15.3 Å². The largest absolute Gasteiger partial charge is 0.503 e. The highest BCUT2D eigenvalue weighted by Gasteiger charge is 2.57. The molecule has 1 spiro atoms. The van der Waals surface area contributed by atoms with Gasteiger partial charge in [-0.05, 0) is 19.8 Å². The maximum Gasteiger partial charge on any atom is 0.274 e. The lowest BCUT2D eigenvalue weighted by molar-refractivity contribution is -0.262. The first-order chi connectivity index (χ1) is 17.5. The van der Waals surface area contributed by atoms with Crippen molar-refractivity contribution in [1.82, 2.24) is 14.5 Å². The fourth-order valence-corrected chi connectivity index (χ4v) is 5.32. The Kier molecular flexibility index (Phi) is 6.04. The zero-order valence-electron chi connectivity index (χ0n) is 20.0. The van der Waals surface area contributed by atoms with Crippen LogP contribution in [-0.4, -0.2) is 56.1 Å². The van der Waals surface area contributed by atoms with E-state index in [1.54, 1.807) is 13.8 Å². The SMILES string of the molecule is CCC1O[C@]2(CC[C@H](C)N3C[C@H]2n2cc(C(N)=O)c(=O)c(O)c2C3=O)ON1Cc1c(F)cc(F)cc1F. The first-order valence-corrected chi connectivity index (χ1v) is 11.8. The third kappa shape index (κ3) is 3.88. The molecule has 2 saturated heterocycles. The number of carbonyl (C=O) groups is 2. The number of hydroxylamine groups is 2. The van der Waals surface area contributed by atoms with Crippen LogP contribution in [0, 0.1) is 17.5 Å². The molecule has 0 radical (unpaired) electrons. The Bertz CT molecular complexity index is 1340. The molecular weight excluding hydrogens is 497 g/mol. The number of pyridine rings is 1. The van der Waals surface area contributed by atoms with Gasteiger partial charge in [-0.1, -0.05) is 6.92 Å². The lowest BCUT2D eigenvalue weighted by Gasteiger charge is -2.41. The molecule has 198 valence electrons. The molecule has 2 bridgehead atoms. The zero-order chi connectivity index (χ0) is 26.8. The molecule has 10 nitrogen and oxygen atoms in total. The van der Waals surface area contributed by atoms with Gasteiger partial charge in [0, 0.05) is 42.9 Å². The van der Waals surface area contributed by atoms with Gasteiger partial charge in [0.15, 0.2) is 11.4 Å². The van der Waals surface area contributed by atoms with E-state index in [-0.39, 0.29) is 24.7 Å². The maximum absolute atomic E-state index is 14.4. The molecule has 5 rings (SSSR count). The summed E-state index contributed by atoms with van der Waals surface area (Å²) in [5, 5.41) is 11.9. The van der Waals surface area contributed by atoms with E-state index < -0.39 is 76.2 Å². The summed E-state index contributed by atoms with van der Waals surface area (Å²) in [6.07, 6.45) is 1.28. The lowest BCUT2D eigenvalue weighted by Crippen LogP contribution is -2.53. The van der Waals surface area contributed by atoms with Gasteiger partial charge in [-0.3, -0.25) is 19.2 Å². The van der Waals surface area contributed by atoms with Crippen LogP contribution < -0.4 is 11.2 Å². The Morgan fingerprint density at radius 3 is 2.54 bits per heavy atom. The molecule has 4 atom stereocenters. The fraction of sp³-hybridized carbons (Fsp3) is 0.458. The second-order valence-corrected chi connectivity index (χ2v) is 9.51. The number of primary amides is 1. The molecule has 2 amide bonds. The van der Waals surface area contributed by atoms with Crippen molar-refractivity contribution in [3.05, 3.63) is 62.8 Å². The van der Waals surface area contributed by atoms with E-state index in [9.17, 15) is 32.7 Å². The van der Waals surface area contributed by atoms with Gasteiger partial charge in [0.2, 0.25) is 11.2 Å². The number of fused-ring (bicyclic) bond motifs is 5. The summed E-state index contributed by atoms with van der Waals surface area (Å²) in [5.41, 5.74) is 2.99. The summed E-state index contributed by atoms with van der Waals surface area (Å²) in [7, 11) is 0. The van der Waals surface area contributed by atoms with Gasteiger partial charge in [-0.25, -0.2) is 13.2 Å². The summed E-state index contributed by atoms with van der Waals surface area (Å²) >= 11 is 0. The number of carbonyl (C=O) groups excluding carboxylic acids is 2. The lowest BCUT2D eigenvalue weighted by atomic mass is 9.99. The van der Waals surface area contributed by atoms with Crippen molar-refractivity contribution < 1.29 is 37.4 Å². The number of aromatic hydroxyl groups is 1. The molecule has 13 heteroatoms. The topological polar surface area (TPSA) is 127 Å². The minimum Gasteiger partial charge on any atom is -0.503 e. The van der Waals surface area contributed by atoms with Crippen LogP contribution >= 0.6 is 0 Å². The molecule has 0 saturated carbocycles. The number of rotatable bonds is 4. The average molecular weight is 522 g/mol. The molecule has 3 aliphatic rings. The number of hydrogen-bond donors (Lipinski definition) is 2. The number of ether oxygens (including phenoxy) is 1. The minimum absolute atomic E-state index is 0.0387. The van der Waals surface area contributed by atoms with Crippen molar-refractivity contribution in [2.45, 2.75) is 63.8 Å². The molecule has 1 aromatic carbocycles. The number of halogens is 3. The molecule has 4 heterocycles. The molecule has 2 fully saturated rings. The molecule has 37 heavy (non-hydrogen) atoms. The van der Waals surface area contributed by atoms with Crippen LogP contribution in [0.2, 0.25) is 0 Å². The summed E-state index contributed by atoms with van der Waals surface area (Å²) in [5.74, 6) is -7.34. The Hall–Kier alpha value is -3.42. The fourth-order valence-electron chi connectivity index (χ4n) is 5.32. The zero-order valence-corrected chi connectivity index (χ0v) is 20.0.